The molecule has 0 fully saturated rings. The summed E-state index contributed by atoms with van der Waals surface area (Å²) in [4.78, 5) is 39.2. The fraction of sp³-hybridized carbons (Fsp3) is 0.150. The molecule has 0 bridgehead atoms. The van der Waals surface area contributed by atoms with Crippen LogP contribution in [0, 0.1) is 0 Å². The van der Waals surface area contributed by atoms with Crippen molar-refractivity contribution in [1.29, 1.82) is 0 Å². The zero-order valence-corrected chi connectivity index (χ0v) is 14.9. The van der Waals surface area contributed by atoms with Gasteiger partial charge in [-0.3, -0.25) is 9.59 Å². The number of benzene rings is 2. The molecule has 0 atom stereocenters. The summed E-state index contributed by atoms with van der Waals surface area (Å²) in [5.41, 5.74) is 1.59. The van der Waals surface area contributed by atoms with Crippen molar-refractivity contribution in [3.05, 3.63) is 53.7 Å². The fourth-order valence-corrected chi connectivity index (χ4v) is 2.92. The molecule has 0 radical (unpaired) electrons. The molecular weight excluding hydrogens is 364 g/mol. The fourth-order valence-electron chi connectivity index (χ4n) is 2.92. The number of ketones is 1. The van der Waals surface area contributed by atoms with Gasteiger partial charge in [0.1, 0.15) is 5.69 Å². The van der Waals surface area contributed by atoms with E-state index >= 15 is 0 Å². The Balaban J connectivity index is 1.43. The number of Topliss-reactive ketones (excluding diaryl/α,β-unsaturated/α-hetero) is 1. The molecule has 0 saturated heterocycles. The number of hydrogen-bond acceptors (Lipinski definition) is 6. The third kappa shape index (κ3) is 3.39. The first-order valence-electron chi connectivity index (χ1n) is 8.50. The third-order valence-corrected chi connectivity index (χ3v) is 4.25. The summed E-state index contributed by atoms with van der Waals surface area (Å²) in [6, 6.07) is 12.1. The Kier molecular flexibility index (Phi) is 4.44. The number of carbonyl (C=O) groups is 3. The number of nitrogens with one attached hydrogen (secondary N) is 2. The van der Waals surface area contributed by atoms with Crippen molar-refractivity contribution < 1.29 is 28.6 Å². The number of ether oxygens (including phenoxy) is 3. The molecule has 0 aliphatic carbocycles. The smallest absolute Gasteiger partial charge is 0.355 e. The van der Waals surface area contributed by atoms with E-state index in [0.717, 1.165) is 10.9 Å². The number of carbonyl (C=O) groups excluding carboxylic acids is 3. The number of para-hydroxylation sites is 1. The average Bonchev–Trinajstić information content (AvgIpc) is 3.31. The lowest BCUT2D eigenvalue weighted by molar-refractivity contribution is -0.119. The first kappa shape index (κ1) is 17.6. The average molecular weight is 380 g/mol. The van der Waals surface area contributed by atoms with Gasteiger partial charge in [0.15, 0.2) is 23.9 Å². The minimum absolute atomic E-state index is 0.0478. The minimum Gasteiger partial charge on any atom is -0.454 e. The molecule has 1 amide bonds. The second kappa shape index (κ2) is 7.07. The number of H-pyrrole nitrogens is 1. The summed E-state index contributed by atoms with van der Waals surface area (Å²) in [6.45, 7) is 0.926. The van der Waals surface area contributed by atoms with Crippen LogP contribution < -0.4 is 14.8 Å². The third-order valence-electron chi connectivity index (χ3n) is 4.25. The Morgan fingerprint density at radius 2 is 1.86 bits per heavy atom. The molecule has 8 nitrogen and oxygen atoms in total. The summed E-state index contributed by atoms with van der Waals surface area (Å²) in [5.74, 6) is -0.609. The zero-order valence-electron chi connectivity index (χ0n) is 14.9. The molecule has 0 saturated carbocycles. The van der Waals surface area contributed by atoms with Gasteiger partial charge < -0.3 is 24.5 Å². The van der Waals surface area contributed by atoms with Gasteiger partial charge in [-0.25, -0.2) is 4.79 Å². The van der Waals surface area contributed by atoms with Crippen LogP contribution >= 0.6 is 0 Å². The highest BCUT2D eigenvalue weighted by Crippen LogP contribution is 2.37. The first-order chi connectivity index (χ1) is 13.5. The van der Waals surface area contributed by atoms with Crippen molar-refractivity contribution in [3.63, 3.8) is 0 Å². The second-order valence-corrected chi connectivity index (χ2v) is 6.20. The molecule has 0 spiro atoms. The van der Waals surface area contributed by atoms with Crippen molar-refractivity contribution in [2.24, 2.45) is 0 Å². The summed E-state index contributed by atoms with van der Waals surface area (Å²) >= 11 is 0. The summed E-state index contributed by atoms with van der Waals surface area (Å²) in [5, 5.41) is 3.44. The van der Waals surface area contributed by atoms with Crippen molar-refractivity contribution in [2.75, 3.05) is 18.7 Å². The molecular formula is C20H16N2O6. The number of aromatic nitrogens is 1. The highest BCUT2D eigenvalue weighted by Gasteiger charge is 2.21. The van der Waals surface area contributed by atoms with E-state index in [4.69, 9.17) is 14.2 Å². The molecule has 1 aliphatic rings. The molecule has 1 aromatic heterocycles. The van der Waals surface area contributed by atoms with E-state index in [1.165, 1.54) is 19.1 Å². The van der Waals surface area contributed by atoms with Crippen LogP contribution in [0.3, 0.4) is 0 Å². The van der Waals surface area contributed by atoms with Crippen molar-refractivity contribution in [1.82, 2.24) is 4.98 Å². The van der Waals surface area contributed by atoms with Gasteiger partial charge in [-0.1, -0.05) is 18.2 Å². The molecule has 1 aliphatic heterocycles. The van der Waals surface area contributed by atoms with Gasteiger partial charge >= 0.3 is 5.97 Å². The number of hydrogen-bond donors (Lipinski definition) is 2. The Hall–Kier alpha value is -3.81. The van der Waals surface area contributed by atoms with Gasteiger partial charge in [-0.05, 0) is 25.1 Å². The summed E-state index contributed by atoms with van der Waals surface area (Å²) in [7, 11) is 0. The highest BCUT2D eigenvalue weighted by molar-refractivity contribution is 6.05. The van der Waals surface area contributed by atoms with Crippen molar-refractivity contribution >= 4 is 34.3 Å². The number of rotatable bonds is 5. The lowest BCUT2D eigenvalue weighted by Crippen LogP contribution is -2.22. The van der Waals surface area contributed by atoms with Crippen molar-refractivity contribution in [2.45, 2.75) is 6.92 Å². The van der Waals surface area contributed by atoms with Crippen LogP contribution in [0.1, 0.15) is 27.8 Å². The standard InChI is InChI=1S/C20H16N2O6/c1-11(23)13-7-17-18(28-10-27-17)8-15(13)22-19(24)9-26-20(25)16-6-12-4-2-3-5-14(12)21-16/h2-8,21H,9-10H2,1H3,(H,22,24). The van der Waals surface area contributed by atoms with E-state index in [9.17, 15) is 14.4 Å². The zero-order chi connectivity index (χ0) is 19.7. The number of amides is 1. The van der Waals surface area contributed by atoms with Crippen LogP contribution in [0.2, 0.25) is 0 Å². The monoisotopic (exact) mass is 380 g/mol. The predicted molar refractivity (Wildman–Crippen MR) is 99.8 cm³/mol. The lowest BCUT2D eigenvalue weighted by atomic mass is 10.1. The van der Waals surface area contributed by atoms with E-state index < -0.39 is 18.5 Å². The van der Waals surface area contributed by atoms with Crippen molar-refractivity contribution in [3.8, 4) is 11.5 Å². The Labute approximate surface area is 159 Å². The topological polar surface area (TPSA) is 107 Å². The van der Waals surface area contributed by atoms with E-state index in [0.29, 0.717) is 11.5 Å². The molecule has 2 aromatic carbocycles. The van der Waals surface area contributed by atoms with E-state index in [-0.39, 0.29) is 29.5 Å². The summed E-state index contributed by atoms with van der Waals surface area (Å²) in [6.07, 6.45) is 0. The summed E-state index contributed by atoms with van der Waals surface area (Å²) < 4.78 is 15.6. The molecule has 8 heteroatoms. The maximum absolute atomic E-state index is 12.2. The minimum atomic E-state index is -0.649. The highest BCUT2D eigenvalue weighted by atomic mass is 16.7. The van der Waals surface area contributed by atoms with Gasteiger partial charge in [0, 0.05) is 22.5 Å². The number of esters is 1. The van der Waals surface area contributed by atoms with Crippen LogP contribution in [0.4, 0.5) is 5.69 Å². The molecule has 142 valence electrons. The molecule has 2 heterocycles. The van der Waals surface area contributed by atoms with Gasteiger partial charge in [0.05, 0.1) is 5.69 Å². The number of aromatic amines is 1. The quantitative estimate of drug-likeness (QED) is 0.521. The van der Waals surface area contributed by atoms with Crippen LogP contribution in [0.5, 0.6) is 11.5 Å². The van der Waals surface area contributed by atoms with Gasteiger partial charge in [-0.2, -0.15) is 0 Å². The maximum Gasteiger partial charge on any atom is 0.355 e. The SMILES string of the molecule is CC(=O)c1cc2c(cc1NC(=O)COC(=O)c1cc3ccccc3[nH]1)OCO2. The largest absolute Gasteiger partial charge is 0.454 e. The van der Waals surface area contributed by atoms with E-state index in [1.54, 1.807) is 6.07 Å². The Morgan fingerprint density at radius 3 is 2.61 bits per heavy atom. The lowest BCUT2D eigenvalue weighted by Gasteiger charge is -2.10. The van der Waals surface area contributed by atoms with Gasteiger partial charge in [0.2, 0.25) is 6.79 Å². The Bertz CT molecular complexity index is 1070. The van der Waals surface area contributed by atoms with E-state index in [1.807, 2.05) is 24.3 Å². The van der Waals surface area contributed by atoms with Crippen LogP contribution in [0.25, 0.3) is 10.9 Å². The predicted octanol–water partition coefficient (Wildman–Crippen LogP) is 2.89. The molecule has 28 heavy (non-hydrogen) atoms. The molecule has 0 unspecified atom stereocenters. The van der Waals surface area contributed by atoms with Gasteiger partial charge in [0.25, 0.3) is 5.91 Å². The van der Waals surface area contributed by atoms with Crippen LogP contribution in [-0.4, -0.2) is 36.0 Å². The maximum atomic E-state index is 12.2. The molecule has 4 rings (SSSR count). The second-order valence-electron chi connectivity index (χ2n) is 6.20. The Morgan fingerprint density at radius 1 is 1.11 bits per heavy atom. The van der Waals surface area contributed by atoms with Crippen LogP contribution in [-0.2, 0) is 9.53 Å². The van der Waals surface area contributed by atoms with Crippen LogP contribution in [0.15, 0.2) is 42.5 Å². The normalized spacial score (nSPS) is 12.0. The van der Waals surface area contributed by atoms with Gasteiger partial charge in [-0.15, -0.1) is 0 Å². The number of anilines is 1. The first-order valence-corrected chi connectivity index (χ1v) is 8.50. The van der Waals surface area contributed by atoms with E-state index in [2.05, 4.69) is 10.3 Å². The molecule has 2 N–H and O–H groups in total. The molecule has 3 aromatic rings. The number of fused-ring (bicyclic) bond motifs is 2.